The third kappa shape index (κ3) is 2.10. The fourth-order valence-electron chi connectivity index (χ4n) is 1.61. The van der Waals surface area contributed by atoms with E-state index in [0.717, 1.165) is 3.57 Å². The van der Waals surface area contributed by atoms with Crippen molar-refractivity contribution in [3.05, 3.63) is 45.5 Å². The monoisotopic (exact) mass is 331 g/mol. The summed E-state index contributed by atoms with van der Waals surface area (Å²) >= 11 is 2.16. The minimum atomic E-state index is -0.363. The lowest BCUT2D eigenvalue weighted by molar-refractivity contribution is 0.589. The molecule has 2 N–H and O–H groups in total. The predicted molar refractivity (Wildman–Crippen MR) is 68.8 cm³/mol. The normalized spacial score (nSPS) is 12.8. The molecule has 0 bridgehead atoms. The summed E-state index contributed by atoms with van der Waals surface area (Å²) in [4.78, 5) is 0. The Morgan fingerprint density at radius 1 is 1.50 bits per heavy atom. The van der Waals surface area contributed by atoms with Crippen LogP contribution in [0.5, 0.6) is 0 Å². The first-order chi connectivity index (χ1) is 7.59. The van der Waals surface area contributed by atoms with Crippen LogP contribution < -0.4 is 5.73 Å². The molecule has 2 rings (SSSR count). The van der Waals surface area contributed by atoms with Crippen LogP contribution in [0.1, 0.15) is 18.5 Å². The van der Waals surface area contributed by atoms with E-state index in [1.165, 1.54) is 6.07 Å². The summed E-state index contributed by atoms with van der Waals surface area (Å²) in [6.45, 7) is 1.76. The third-order valence-corrected chi connectivity index (χ3v) is 2.84. The van der Waals surface area contributed by atoms with Gasteiger partial charge >= 0.3 is 0 Å². The Bertz CT molecular complexity index is 508. The van der Waals surface area contributed by atoms with Crippen LogP contribution in [0.4, 0.5) is 4.39 Å². The quantitative estimate of drug-likeness (QED) is 0.860. The lowest BCUT2D eigenvalue weighted by atomic mass is 10.1. The summed E-state index contributed by atoms with van der Waals surface area (Å²) in [6, 6.07) is 4.52. The molecule has 0 aliphatic carbocycles. The van der Waals surface area contributed by atoms with Crippen molar-refractivity contribution < 1.29 is 4.39 Å². The van der Waals surface area contributed by atoms with Crippen LogP contribution in [0.15, 0.2) is 30.6 Å². The average molecular weight is 331 g/mol. The summed E-state index contributed by atoms with van der Waals surface area (Å²) in [5.41, 5.74) is 6.96. The Labute approximate surface area is 107 Å². The van der Waals surface area contributed by atoms with E-state index >= 15 is 0 Å². The van der Waals surface area contributed by atoms with E-state index in [1.807, 2.05) is 12.3 Å². The Hall–Kier alpha value is -0.950. The number of nitrogens with zero attached hydrogens (tertiary/aromatic N) is 2. The molecular formula is C11H11FIN3. The molecule has 2 aromatic rings. The van der Waals surface area contributed by atoms with Gasteiger partial charge in [-0.25, -0.2) is 9.07 Å². The van der Waals surface area contributed by atoms with E-state index in [-0.39, 0.29) is 11.9 Å². The van der Waals surface area contributed by atoms with E-state index in [1.54, 1.807) is 23.9 Å². The molecule has 0 radical (unpaired) electrons. The second kappa shape index (κ2) is 4.50. The fourth-order valence-corrected chi connectivity index (χ4v) is 2.00. The van der Waals surface area contributed by atoms with Gasteiger partial charge in [0.1, 0.15) is 5.82 Å². The Kier molecular flexibility index (Phi) is 3.25. The Morgan fingerprint density at radius 3 is 2.81 bits per heavy atom. The molecule has 0 aliphatic heterocycles. The maximum Gasteiger partial charge on any atom is 0.130 e. The van der Waals surface area contributed by atoms with Crippen LogP contribution in [-0.2, 0) is 0 Å². The predicted octanol–water partition coefficient (Wildman–Crippen LogP) is 2.64. The molecular weight excluding hydrogens is 320 g/mol. The van der Waals surface area contributed by atoms with Crippen molar-refractivity contribution in [1.82, 2.24) is 9.78 Å². The number of hydrogen-bond donors (Lipinski definition) is 1. The number of rotatable bonds is 2. The lowest BCUT2D eigenvalue weighted by Crippen LogP contribution is -2.12. The number of halogens is 2. The van der Waals surface area contributed by atoms with Gasteiger partial charge < -0.3 is 5.73 Å². The van der Waals surface area contributed by atoms with Gasteiger partial charge in [-0.15, -0.1) is 0 Å². The lowest BCUT2D eigenvalue weighted by Gasteiger charge is -2.13. The minimum absolute atomic E-state index is 0.294. The SMILES string of the molecule is C[C@H](N)c1c(F)cccc1-n1cc(I)cn1. The van der Waals surface area contributed by atoms with Crippen molar-refractivity contribution in [2.75, 3.05) is 0 Å². The number of aromatic nitrogens is 2. The van der Waals surface area contributed by atoms with Crippen LogP contribution >= 0.6 is 22.6 Å². The van der Waals surface area contributed by atoms with Crippen LogP contribution in [0.3, 0.4) is 0 Å². The van der Waals surface area contributed by atoms with Gasteiger partial charge in [0.2, 0.25) is 0 Å². The molecule has 0 unspecified atom stereocenters. The van der Waals surface area contributed by atoms with Crippen LogP contribution in [0.2, 0.25) is 0 Å². The highest BCUT2D eigenvalue weighted by Crippen LogP contribution is 2.23. The summed E-state index contributed by atoms with van der Waals surface area (Å²) < 4.78 is 16.3. The van der Waals surface area contributed by atoms with Crippen molar-refractivity contribution in [2.45, 2.75) is 13.0 Å². The number of hydrogen-bond acceptors (Lipinski definition) is 2. The zero-order valence-corrected chi connectivity index (χ0v) is 10.8. The zero-order valence-electron chi connectivity index (χ0n) is 8.69. The molecule has 84 valence electrons. The summed E-state index contributed by atoms with van der Waals surface area (Å²) in [6.07, 6.45) is 3.55. The molecule has 16 heavy (non-hydrogen) atoms. The fraction of sp³-hybridized carbons (Fsp3) is 0.182. The van der Waals surface area contributed by atoms with E-state index in [0.29, 0.717) is 11.3 Å². The summed E-state index contributed by atoms with van der Waals surface area (Å²) in [5.74, 6) is -0.294. The smallest absolute Gasteiger partial charge is 0.130 e. The molecule has 0 saturated carbocycles. The second-order valence-corrected chi connectivity index (χ2v) is 4.81. The molecule has 0 aliphatic rings. The van der Waals surface area contributed by atoms with E-state index < -0.39 is 0 Å². The third-order valence-electron chi connectivity index (χ3n) is 2.28. The van der Waals surface area contributed by atoms with Gasteiger partial charge in [0, 0.05) is 17.8 Å². The Morgan fingerprint density at radius 2 is 2.25 bits per heavy atom. The highest BCUT2D eigenvalue weighted by molar-refractivity contribution is 14.1. The van der Waals surface area contributed by atoms with Crippen LogP contribution in [0.25, 0.3) is 5.69 Å². The van der Waals surface area contributed by atoms with Crippen molar-refractivity contribution in [2.24, 2.45) is 5.73 Å². The average Bonchev–Trinajstić information content (AvgIpc) is 2.63. The molecule has 5 heteroatoms. The largest absolute Gasteiger partial charge is 0.324 e. The van der Waals surface area contributed by atoms with Crippen molar-refractivity contribution >= 4 is 22.6 Å². The molecule has 1 aromatic carbocycles. The van der Waals surface area contributed by atoms with Gasteiger partial charge in [-0.3, -0.25) is 0 Å². The first-order valence-corrected chi connectivity index (χ1v) is 5.92. The van der Waals surface area contributed by atoms with Gasteiger partial charge in [0.05, 0.1) is 15.5 Å². The van der Waals surface area contributed by atoms with Gasteiger partial charge in [-0.2, -0.15) is 5.10 Å². The topological polar surface area (TPSA) is 43.8 Å². The van der Waals surface area contributed by atoms with Crippen LogP contribution in [-0.4, -0.2) is 9.78 Å². The van der Waals surface area contributed by atoms with Gasteiger partial charge in [-0.05, 0) is 41.6 Å². The van der Waals surface area contributed by atoms with Gasteiger partial charge in [-0.1, -0.05) is 6.07 Å². The highest BCUT2D eigenvalue weighted by atomic mass is 127. The van der Waals surface area contributed by atoms with Gasteiger partial charge in [0.25, 0.3) is 0 Å². The minimum Gasteiger partial charge on any atom is -0.324 e. The van der Waals surface area contributed by atoms with Gasteiger partial charge in [0.15, 0.2) is 0 Å². The standard InChI is InChI=1S/C11H11FIN3/c1-7(14)11-9(12)3-2-4-10(11)16-6-8(13)5-15-16/h2-7H,14H2,1H3/t7-/m0/s1. The second-order valence-electron chi connectivity index (χ2n) is 3.56. The Balaban J connectivity index is 2.60. The highest BCUT2D eigenvalue weighted by Gasteiger charge is 2.14. The first-order valence-electron chi connectivity index (χ1n) is 4.84. The molecule has 3 nitrogen and oxygen atoms in total. The molecule has 0 fully saturated rings. The van der Waals surface area contributed by atoms with E-state index in [9.17, 15) is 4.39 Å². The molecule has 0 spiro atoms. The molecule has 1 heterocycles. The van der Waals surface area contributed by atoms with Crippen molar-refractivity contribution in [3.63, 3.8) is 0 Å². The summed E-state index contributed by atoms with van der Waals surface area (Å²) in [7, 11) is 0. The van der Waals surface area contributed by atoms with Crippen molar-refractivity contribution in [3.8, 4) is 5.69 Å². The van der Waals surface area contributed by atoms with E-state index in [2.05, 4.69) is 27.7 Å². The number of benzene rings is 1. The molecule has 1 atom stereocenters. The zero-order chi connectivity index (χ0) is 11.7. The maximum atomic E-state index is 13.7. The molecule has 1 aromatic heterocycles. The van der Waals surface area contributed by atoms with Crippen molar-refractivity contribution in [1.29, 1.82) is 0 Å². The first kappa shape index (κ1) is 11.5. The summed E-state index contributed by atoms with van der Waals surface area (Å²) in [5, 5.41) is 4.16. The van der Waals surface area contributed by atoms with Crippen LogP contribution in [0, 0.1) is 9.39 Å². The molecule has 0 saturated heterocycles. The molecule has 0 amide bonds. The van der Waals surface area contributed by atoms with E-state index in [4.69, 9.17) is 5.73 Å². The maximum absolute atomic E-state index is 13.7. The number of nitrogens with two attached hydrogens (primary N) is 1.